The number of aryl methyl sites for hydroxylation is 4. The molecule has 0 bridgehead atoms. The first-order valence-electron chi connectivity index (χ1n) is 9.93. The molecule has 7 heteroatoms. The quantitative estimate of drug-likeness (QED) is 0.897. The van der Waals surface area contributed by atoms with Crippen molar-refractivity contribution in [2.24, 2.45) is 5.92 Å². The van der Waals surface area contributed by atoms with Crippen molar-refractivity contribution in [1.29, 1.82) is 0 Å². The Hall–Kier alpha value is -2.44. The van der Waals surface area contributed by atoms with Crippen molar-refractivity contribution >= 4 is 5.91 Å². The van der Waals surface area contributed by atoms with Gasteiger partial charge in [0.05, 0.1) is 17.0 Å². The van der Waals surface area contributed by atoms with Crippen molar-refractivity contribution < 1.29 is 4.79 Å². The maximum Gasteiger partial charge on any atom is 0.267 e. The van der Waals surface area contributed by atoms with Crippen LogP contribution in [0.15, 0.2) is 10.9 Å². The molecule has 0 saturated carbocycles. The van der Waals surface area contributed by atoms with E-state index in [4.69, 9.17) is 0 Å². The number of fused-ring (bicyclic) bond motifs is 1. The molecule has 1 aliphatic carbocycles. The molecule has 1 saturated heterocycles. The molecule has 144 valence electrons. The van der Waals surface area contributed by atoms with Crippen LogP contribution < -0.4 is 5.56 Å². The number of rotatable bonds is 3. The Balaban J connectivity index is 1.40. The maximum absolute atomic E-state index is 12.8. The lowest BCUT2D eigenvalue weighted by atomic mass is 9.95. The second-order valence-electron chi connectivity index (χ2n) is 7.89. The molecule has 3 heterocycles. The van der Waals surface area contributed by atoms with Gasteiger partial charge in [0.15, 0.2) is 0 Å². The number of piperidine rings is 1. The van der Waals surface area contributed by atoms with Crippen LogP contribution in [0.5, 0.6) is 0 Å². The van der Waals surface area contributed by atoms with Crippen molar-refractivity contribution in [3.05, 3.63) is 44.6 Å². The van der Waals surface area contributed by atoms with Crippen LogP contribution in [0.2, 0.25) is 0 Å². The standard InChI is InChI=1S/C20H27N5O2/c1-13-19(14(2)22-21-13)20(27)24-9-7-15(8-10-24)12-25-18(26)11-16-5-3-4-6-17(16)23-25/h11,15H,3-10,12H2,1-2H3,(H,21,22). The Morgan fingerprint density at radius 2 is 1.96 bits per heavy atom. The van der Waals surface area contributed by atoms with Gasteiger partial charge in [-0.25, -0.2) is 4.68 Å². The molecule has 0 spiro atoms. The van der Waals surface area contributed by atoms with Gasteiger partial charge in [0, 0.05) is 31.4 Å². The predicted octanol–water partition coefficient (Wildman–Crippen LogP) is 2.01. The average molecular weight is 369 g/mol. The molecular weight excluding hydrogens is 342 g/mol. The number of likely N-dealkylation sites (tertiary alicyclic amines) is 1. The van der Waals surface area contributed by atoms with Gasteiger partial charge >= 0.3 is 0 Å². The molecule has 2 aromatic rings. The summed E-state index contributed by atoms with van der Waals surface area (Å²) in [6, 6.07) is 1.78. The van der Waals surface area contributed by atoms with Gasteiger partial charge in [0.25, 0.3) is 11.5 Å². The number of carbonyl (C=O) groups excluding carboxylic acids is 1. The first kappa shape index (κ1) is 17.9. The molecule has 2 aromatic heterocycles. The minimum atomic E-state index is 0.0128. The Kier molecular flexibility index (Phi) is 4.85. The first-order valence-corrected chi connectivity index (χ1v) is 9.93. The van der Waals surface area contributed by atoms with E-state index in [9.17, 15) is 9.59 Å². The lowest BCUT2D eigenvalue weighted by molar-refractivity contribution is 0.0679. The number of aromatic nitrogens is 4. The normalized spacial score (nSPS) is 17.8. The van der Waals surface area contributed by atoms with E-state index in [0.717, 1.165) is 61.2 Å². The zero-order valence-electron chi connectivity index (χ0n) is 16.1. The van der Waals surface area contributed by atoms with E-state index >= 15 is 0 Å². The highest BCUT2D eigenvalue weighted by molar-refractivity contribution is 5.96. The van der Waals surface area contributed by atoms with Gasteiger partial charge in [-0.1, -0.05) is 0 Å². The molecule has 4 rings (SSSR count). The number of amides is 1. The van der Waals surface area contributed by atoms with Crippen LogP contribution in [-0.4, -0.2) is 43.9 Å². The molecule has 7 nitrogen and oxygen atoms in total. The number of carbonyl (C=O) groups is 1. The summed E-state index contributed by atoms with van der Waals surface area (Å²) in [6.45, 7) is 5.82. The molecular formula is C20H27N5O2. The second-order valence-corrected chi connectivity index (χ2v) is 7.89. The summed E-state index contributed by atoms with van der Waals surface area (Å²) in [6.07, 6.45) is 6.06. The van der Waals surface area contributed by atoms with Crippen molar-refractivity contribution in [3.63, 3.8) is 0 Å². The summed E-state index contributed by atoms with van der Waals surface area (Å²) in [4.78, 5) is 27.1. The van der Waals surface area contributed by atoms with Crippen molar-refractivity contribution in [2.45, 2.75) is 58.9 Å². The fraction of sp³-hybridized carbons (Fsp3) is 0.600. The topological polar surface area (TPSA) is 83.9 Å². The third-order valence-electron chi connectivity index (χ3n) is 5.95. The van der Waals surface area contributed by atoms with Crippen LogP contribution in [0.4, 0.5) is 0 Å². The van der Waals surface area contributed by atoms with Gasteiger partial charge < -0.3 is 4.90 Å². The number of hydrogen-bond donors (Lipinski definition) is 1. The summed E-state index contributed by atoms with van der Waals surface area (Å²) in [7, 11) is 0. The van der Waals surface area contributed by atoms with E-state index in [2.05, 4.69) is 15.3 Å². The van der Waals surface area contributed by atoms with Gasteiger partial charge in [-0.3, -0.25) is 14.7 Å². The van der Waals surface area contributed by atoms with Gasteiger partial charge in [-0.05, 0) is 63.9 Å². The highest BCUT2D eigenvalue weighted by atomic mass is 16.2. The fourth-order valence-corrected chi connectivity index (χ4v) is 4.32. The fourth-order valence-electron chi connectivity index (χ4n) is 4.32. The SMILES string of the molecule is Cc1n[nH]c(C)c1C(=O)N1CCC(Cn2nc3c(cc2=O)CCCC3)CC1. The van der Waals surface area contributed by atoms with Crippen molar-refractivity contribution in [2.75, 3.05) is 13.1 Å². The molecule has 2 aliphatic rings. The van der Waals surface area contributed by atoms with E-state index in [0.29, 0.717) is 31.1 Å². The summed E-state index contributed by atoms with van der Waals surface area (Å²) in [5, 5.41) is 11.7. The third-order valence-corrected chi connectivity index (χ3v) is 5.95. The first-order chi connectivity index (χ1) is 13.0. The molecule has 0 atom stereocenters. The predicted molar refractivity (Wildman–Crippen MR) is 102 cm³/mol. The average Bonchev–Trinajstić information content (AvgIpc) is 3.01. The molecule has 1 fully saturated rings. The van der Waals surface area contributed by atoms with E-state index in [1.807, 2.05) is 18.7 Å². The van der Waals surface area contributed by atoms with Crippen LogP contribution >= 0.6 is 0 Å². The number of nitrogens with one attached hydrogen (secondary N) is 1. The minimum absolute atomic E-state index is 0.0128. The Labute approximate surface area is 158 Å². The van der Waals surface area contributed by atoms with Crippen molar-refractivity contribution in [3.8, 4) is 0 Å². The van der Waals surface area contributed by atoms with E-state index in [-0.39, 0.29) is 11.5 Å². The molecule has 0 aromatic carbocycles. The Bertz CT molecular complexity index is 886. The van der Waals surface area contributed by atoms with Crippen LogP contribution in [-0.2, 0) is 19.4 Å². The van der Waals surface area contributed by atoms with E-state index in [1.165, 1.54) is 0 Å². The second kappa shape index (κ2) is 7.29. The number of hydrogen-bond acceptors (Lipinski definition) is 4. The lowest BCUT2D eigenvalue weighted by Crippen LogP contribution is -2.40. The minimum Gasteiger partial charge on any atom is -0.339 e. The summed E-state index contributed by atoms with van der Waals surface area (Å²) in [5.74, 6) is 0.439. The largest absolute Gasteiger partial charge is 0.339 e. The van der Waals surface area contributed by atoms with Gasteiger partial charge in [-0.2, -0.15) is 10.2 Å². The number of aromatic amines is 1. The highest BCUT2D eigenvalue weighted by Crippen LogP contribution is 2.22. The van der Waals surface area contributed by atoms with Crippen LogP contribution in [0, 0.1) is 19.8 Å². The Morgan fingerprint density at radius 3 is 2.67 bits per heavy atom. The van der Waals surface area contributed by atoms with Crippen LogP contribution in [0.1, 0.15) is 58.7 Å². The lowest BCUT2D eigenvalue weighted by Gasteiger charge is -2.32. The van der Waals surface area contributed by atoms with Gasteiger partial charge in [0.1, 0.15) is 0 Å². The van der Waals surface area contributed by atoms with Gasteiger partial charge in [0.2, 0.25) is 0 Å². The van der Waals surface area contributed by atoms with E-state index < -0.39 is 0 Å². The molecule has 1 aliphatic heterocycles. The molecule has 0 unspecified atom stereocenters. The molecule has 1 N–H and O–H groups in total. The summed E-state index contributed by atoms with van der Waals surface area (Å²) >= 11 is 0. The molecule has 1 amide bonds. The zero-order valence-corrected chi connectivity index (χ0v) is 16.1. The molecule has 27 heavy (non-hydrogen) atoms. The Morgan fingerprint density at radius 1 is 1.22 bits per heavy atom. The maximum atomic E-state index is 12.8. The number of H-pyrrole nitrogens is 1. The van der Waals surface area contributed by atoms with Crippen LogP contribution in [0.3, 0.4) is 0 Å². The van der Waals surface area contributed by atoms with Gasteiger partial charge in [-0.15, -0.1) is 0 Å². The summed E-state index contributed by atoms with van der Waals surface area (Å²) in [5.41, 5.74) is 4.52. The van der Waals surface area contributed by atoms with Crippen molar-refractivity contribution in [1.82, 2.24) is 24.9 Å². The summed E-state index contributed by atoms with van der Waals surface area (Å²) < 4.78 is 1.65. The molecule has 0 radical (unpaired) electrons. The smallest absolute Gasteiger partial charge is 0.267 e. The highest BCUT2D eigenvalue weighted by Gasteiger charge is 2.27. The third kappa shape index (κ3) is 3.55. The number of nitrogens with zero attached hydrogens (tertiary/aromatic N) is 4. The monoisotopic (exact) mass is 369 g/mol. The zero-order chi connectivity index (χ0) is 19.0. The van der Waals surface area contributed by atoms with E-state index in [1.54, 1.807) is 10.7 Å². The van der Waals surface area contributed by atoms with Crippen LogP contribution in [0.25, 0.3) is 0 Å².